The molecule has 1 saturated carbocycles. The van der Waals surface area contributed by atoms with Gasteiger partial charge in [-0.2, -0.15) is 0 Å². The molecule has 0 heteroatoms. The fraction of sp³-hybridized carbons (Fsp3) is 0.368. The van der Waals surface area contributed by atoms with Crippen molar-refractivity contribution < 1.29 is 0 Å². The highest BCUT2D eigenvalue weighted by Crippen LogP contribution is 2.37. The minimum absolute atomic E-state index is 0.575. The predicted molar refractivity (Wildman–Crippen MR) is 81.3 cm³/mol. The summed E-state index contributed by atoms with van der Waals surface area (Å²) in [5, 5.41) is 0. The Morgan fingerprint density at radius 3 is 1.68 bits per heavy atom. The maximum atomic E-state index is 2.28. The quantitative estimate of drug-likeness (QED) is 0.681. The lowest BCUT2D eigenvalue weighted by Gasteiger charge is -2.21. The highest BCUT2D eigenvalue weighted by Gasteiger charge is 2.22. The maximum absolute atomic E-state index is 2.28. The summed E-state index contributed by atoms with van der Waals surface area (Å²) in [6.45, 7) is 0. The second-order valence-corrected chi connectivity index (χ2v) is 5.76. The Balaban J connectivity index is 1.87. The lowest BCUT2D eigenvalue weighted by Crippen LogP contribution is -2.06. The van der Waals surface area contributed by atoms with Gasteiger partial charge in [0.15, 0.2) is 0 Å². The van der Waals surface area contributed by atoms with Gasteiger partial charge in [0.2, 0.25) is 0 Å². The summed E-state index contributed by atoms with van der Waals surface area (Å²) in [5.41, 5.74) is 2.95. The molecule has 98 valence electrons. The van der Waals surface area contributed by atoms with E-state index in [0.717, 1.165) is 5.92 Å². The summed E-state index contributed by atoms with van der Waals surface area (Å²) in [5.74, 6) is 1.50. The van der Waals surface area contributed by atoms with Crippen molar-refractivity contribution >= 4 is 0 Å². The van der Waals surface area contributed by atoms with E-state index in [2.05, 4.69) is 60.7 Å². The van der Waals surface area contributed by atoms with E-state index in [9.17, 15) is 0 Å². The number of hydrogen-bond acceptors (Lipinski definition) is 0. The van der Waals surface area contributed by atoms with E-state index in [4.69, 9.17) is 0 Å². The van der Waals surface area contributed by atoms with E-state index in [1.807, 2.05) is 0 Å². The first-order valence-electron chi connectivity index (χ1n) is 7.53. The highest BCUT2D eigenvalue weighted by molar-refractivity contribution is 5.32. The normalized spacial score (nSPS) is 16.1. The number of benzene rings is 2. The molecule has 0 heterocycles. The Morgan fingerprint density at radius 1 is 0.737 bits per heavy atom. The van der Waals surface area contributed by atoms with Crippen LogP contribution in [0.4, 0.5) is 0 Å². The summed E-state index contributed by atoms with van der Waals surface area (Å²) >= 11 is 0. The summed E-state index contributed by atoms with van der Waals surface area (Å²) in [7, 11) is 0. The fourth-order valence-electron chi connectivity index (χ4n) is 3.41. The van der Waals surface area contributed by atoms with Gasteiger partial charge in [-0.1, -0.05) is 86.3 Å². The van der Waals surface area contributed by atoms with E-state index in [-0.39, 0.29) is 0 Å². The Bertz CT molecular complexity index is 440. The third-order valence-corrected chi connectivity index (χ3v) is 4.45. The van der Waals surface area contributed by atoms with Crippen LogP contribution >= 0.6 is 0 Å². The third-order valence-electron chi connectivity index (χ3n) is 4.45. The molecule has 0 bridgehead atoms. The van der Waals surface area contributed by atoms with E-state index in [0.29, 0.717) is 5.92 Å². The van der Waals surface area contributed by atoms with Gasteiger partial charge in [-0.15, -0.1) is 0 Å². The van der Waals surface area contributed by atoms with Crippen LogP contribution in [0.1, 0.15) is 49.1 Å². The molecule has 0 saturated heterocycles. The zero-order chi connectivity index (χ0) is 12.9. The van der Waals surface area contributed by atoms with Gasteiger partial charge < -0.3 is 0 Å². The summed E-state index contributed by atoms with van der Waals surface area (Å²) in [6.07, 6.45) is 7.03. The molecule has 1 fully saturated rings. The minimum Gasteiger partial charge on any atom is -0.0622 e. The zero-order valence-electron chi connectivity index (χ0n) is 11.5. The average molecular weight is 250 g/mol. The van der Waals surface area contributed by atoms with Gasteiger partial charge in [-0.25, -0.2) is 0 Å². The molecular weight excluding hydrogens is 228 g/mol. The van der Waals surface area contributed by atoms with Crippen LogP contribution < -0.4 is 0 Å². The molecule has 0 aromatic heterocycles. The molecule has 1 aliphatic carbocycles. The van der Waals surface area contributed by atoms with Crippen LogP contribution in [0.2, 0.25) is 0 Å². The number of rotatable bonds is 4. The first-order chi connectivity index (χ1) is 9.43. The predicted octanol–water partition coefficient (Wildman–Crippen LogP) is 5.40. The molecule has 3 rings (SSSR count). The van der Waals surface area contributed by atoms with Gasteiger partial charge in [0.05, 0.1) is 0 Å². The summed E-state index contributed by atoms with van der Waals surface area (Å²) in [6, 6.07) is 22.0. The van der Waals surface area contributed by atoms with Crippen molar-refractivity contribution in [1.29, 1.82) is 0 Å². The molecule has 1 aliphatic rings. The molecule has 2 aromatic carbocycles. The van der Waals surface area contributed by atoms with Crippen LogP contribution in [0.15, 0.2) is 60.7 Å². The molecular formula is C19H22. The Hall–Kier alpha value is -1.56. The van der Waals surface area contributed by atoms with Crippen LogP contribution in [0, 0.1) is 5.92 Å². The van der Waals surface area contributed by atoms with Crippen LogP contribution in [0.3, 0.4) is 0 Å². The van der Waals surface area contributed by atoms with E-state index >= 15 is 0 Å². The van der Waals surface area contributed by atoms with E-state index < -0.39 is 0 Å². The SMILES string of the molecule is c1ccc(C(CC2CCCC2)c2ccccc2)cc1. The standard InChI is InChI=1S/C19H22/c1-3-11-17(12-4-1)19(15-16-9-7-8-10-16)18-13-5-2-6-14-18/h1-6,11-14,16,19H,7-10,15H2. The van der Waals surface area contributed by atoms with Crippen molar-refractivity contribution in [2.45, 2.75) is 38.0 Å². The molecule has 0 aliphatic heterocycles. The van der Waals surface area contributed by atoms with Crippen molar-refractivity contribution in [2.75, 3.05) is 0 Å². The molecule has 0 nitrogen and oxygen atoms in total. The van der Waals surface area contributed by atoms with Crippen molar-refractivity contribution in [1.82, 2.24) is 0 Å². The molecule has 0 atom stereocenters. The lowest BCUT2D eigenvalue weighted by molar-refractivity contribution is 0.473. The van der Waals surface area contributed by atoms with Crippen molar-refractivity contribution in [2.24, 2.45) is 5.92 Å². The van der Waals surface area contributed by atoms with Gasteiger partial charge in [-0.3, -0.25) is 0 Å². The maximum Gasteiger partial charge on any atom is 0.00919 e. The third kappa shape index (κ3) is 3.07. The van der Waals surface area contributed by atoms with Crippen molar-refractivity contribution in [3.8, 4) is 0 Å². The van der Waals surface area contributed by atoms with Gasteiger partial charge in [0.1, 0.15) is 0 Å². The largest absolute Gasteiger partial charge is 0.0622 e. The molecule has 0 spiro atoms. The summed E-state index contributed by atoms with van der Waals surface area (Å²) < 4.78 is 0. The van der Waals surface area contributed by atoms with Crippen LogP contribution in [-0.4, -0.2) is 0 Å². The Kier molecular flexibility index (Phi) is 3.98. The van der Waals surface area contributed by atoms with Gasteiger partial charge in [0.25, 0.3) is 0 Å². The topological polar surface area (TPSA) is 0 Å². The van der Waals surface area contributed by atoms with E-state index in [1.54, 1.807) is 0 Å². The highest BCUT2D eigenvalue weighted by atomic mass is 14.3. The van der Waals surface area contributed by atoms with Crippen LogP contribution in [0.25, 0.3) is 0 Å². The molecule has 0 radical (unpaired) electrons. The Morgan fingerprint density at radius 2 is 1.21 bits per heavy atom. The number of hydrogen-bond donors (Lipinski definition) is 0. The van der Waals surface area contributed by atoms with Gasteiger partial charge in [0, 0.05) is 5.92 Å². The van der Waals surface area contributed by atoms with Crippen molar-refractivity contribution in [3.63, 3.8) is 0 Å². The molecule has 0 N–H and O–H groups in total. The smallest absolute Gasteiger partial charge is 0.00919 e. The fourth-order valence-corrected chi connectivity index (χ4v) is 3.41. The van der Waals surface area contributed by atoms with Gasteiger partial charge >= 0.3 is 0 Å². The zero-order valence-corrected chi connectivity index (χ0v) is 11.5. The second-order valence-electron chi connectivity index (χ2n) is 5.76. The molecule has 19 heavy (non-hydrogen) atoms. The van der Waals surface area contributed by atoms with Crippen molar-refractivity contribution in [3.05, 3.63) is 71.8 Å². The monoisotopic (exact) mass is 250 g/mol. The first-order valence-corrected chi connectivity index (χ1v) is 7.53. The molecule has 0 unspecified atom stereocenters. The van der Waals surface area contributed by atoms with Crippen LogP contribution in [0.5, 0.6) is 0 Å². The van der Waals surface area contributed by atoms with Gasteiger partial charge in [-0.05, 0) is 23.5 Å². The molecule has 0 amide bonds. The van der Waals surface area contributed by atoms with E-state index in [1.165, 1.54) is 43.2 Å². The lowest BCUT2D eigenvalue weighted by atomic mass is 9.83. The average Bonchev–Trinajstić information content (AvgIpc) is 3.00. The molecule has 2 aromatic rings. The first kappa shape index (κ1) is 12.5. The summed E-state index contributed by atoms with van der Waals surface area (Å²) in [4.78, 5) is 0. The second kappa shape index (κ2) is 6.06. The van der Waals surface area contributed by atoms with Crippen LogP contribution in [-0.2, 0) is 0 Å². The minimum atomic E-state index is 0.575. The Labute approximate surface area is 116 Å².